The summed E-state index contributed by atoms with van der Waals surface area (Å²) >= 11 is 0. The van der Waals surface area contributed by atoms with Crippen LogP contribution in [0, 0.1) is 17.3 Å². The van der Waals surface area contributed by atoms with Crippen LogP contribution in [0.25, 0.3) is 0 Å². The zero-order valence-corrected chi connectivity index (χ0v) is 19.2. The molecule has 5 heteroatoms. The van der Waals surface area contributed by atoms with E-state index in [-0.39, 0.29) is 0 Å². The maximum Gasteiger partial charge on any atom is 0.222 e. The number of hydrogen-bond acceptors (Lipinski definition) is 3. The van der Waals surface area contributed by atoms with Crippen molar-refractivity contribution in [3.8, 4) is 0 Å². The standard InChI is InChI=1S/C25H43N3O2/c1-2-26-16-10-21(11-17-26)18-24(30)28-19-22(25(20-28)12-4-3-5-13-25)8-9-23(29)27-14-6-7-15-27/h21-22H,2-20H2,1H3. The van der Waals surface area contributed by atoms with Gasteiger partial charge >= 0.3 is 0 Å². The minimum atomic E-state index is 0.296. The van der Waals surface area contributed by atoms with Crippen molar-refractivity contribution >= 4 is 11.8 Å². The Morgan fingerprint density at radius 1 is 0.867 bits per heavy atom. The summed E-state index contributed by atoms with van der Waals surface area (Å²) in [6.45, 7) is 9.44. The first kappa shape index (κ1) is 22.1. The van der Waals surface area contributed by atoms with Crippen LogP contribution in [0.5, 0.6) is 0 Å². The second-order valence-corrected chi connectivity index (χ2v) is 10.6. The molecule has 0 bridgehead atoms. The number of piperidine rings is 1. The lowest BCUT2D eigenvalue weighted by molar-refractivity contribution is -0.132. The second kappa shape index (κ2) is 10.0. The minimum absolute atomic E-state index is 0.296. The molecule has 4 fully saturated rings. The van der Waals surface area contributed by atoms with E-state index in [1.54, 1.807) is 0 Å². The van der Waals surface area contributed by atoms with Gasteiger partial charge in [0.15, 0.2) is 0 Å². The number of likely N-dealkylation sites (tertiary alicyclic amines) is 3. The van der Waals surface area contributed by atoms with Gasteiger partial charge in [0, 0.05) is 39.0 Å². The maximum atomic E-state index is 13.2. The van der Waals surface area contributed by atoms with Crippen molar-refractivity contribution in [2.24, 2.45) is 17.3 Å². The van der Waals surface area contributed by atoms with Crippen LogP contribution in [0.3, 0.4) is 0 Å². The van der Waals surface area contributed by atoms with Gasteiger partial charge in [-0.1, -0.05) is 26.2 Å². The number of rotatable bonds is 6. The van der Waals surface area contributed by atoms with E-state index >= 15 is 0 Å². The Bertz CT molecular complexity index is 587. The Hall–Kier alpha value is -1.10. The molecule has 1 spiro atoms. The lowest BCUT2D eigenvalue weighted by atomic mass is 9.66. The fourth-order valence-corrected chi connectivity index (χ4v) is 6.75. The highest BCUT2D eigenvalue weighted by atomic mass is 16.2. The third kappa shape index (κ3) is 5.03. The molecule has 1 atom stereocenters. The van der Waals surface area contributed by atoms with Crippen molar-refractivity contribution in [1.82, 2.24) is 14.7 Å². The smallest absolute Gasteiger partial charge is 0.222 e. The fraction of sp³-hybridized carbons (Fsp3) is 0.920. The van der Waals surface area contributed by atoms with Gasteiger partial charge in [-0.05, 0) is 81.8 Å². The largest absolute Gasteiger partial charge is 0.343 e. The summed E-state index contributed by atoms with van der Waals surface area (Å²) in [6.07, 6.45) is 13.5. The van der Waals surface area contributed by atoms with Crippen molar-refractivity contribution in [1.29, 1.82) is 0 Å². The number of nitrogens with zero attached hydrogens (tertiary/aromatic N) is 3. The Kier molecular flexibility index (Phi) is 7.38. The van der Waals surface area contributed by atoms with Gasteiger partial charge < -0.3 is 14.7 Å². The highest BCUT2D eigenvalue weighted by molar-refractivity contribution is 5.77. The molecule has 170 valence electrons. The van der Waals surface area contributed by atoms with E-state index < -0.39 is 0 Å². The van der Waals surface area contributed by atoms with E-state index in [0.717, 1.165) is 58.7 Å². The molecular formula is C25H43N3O2. The molecule has 1 unspecified atom stereocenters. The number of hydrogen-bond donors (Lipinski definition) is 0. The highest BCUT2D eigenvalue weighted by Crippen LogP contribution is 2.49. The fourth-order valence-electron chi connectivity index (χ4n) is 6.75. The molecule has 0 aromatic carbocycles. The van der Waals surface area contributed by atoms with Gasteiger partial charge in [-0.15, -0.1) is 0 Å². The Labute approximate surface area is 183 Å². The first-order valence-corrected chi connectivity index (χ1v) is 12.9. The predicted octanol–water partition coefficient (Wildman–Crippen LogP) is 3.92. The van der Waals surface area contributed by atoms with E-state index in [2.05, 4.69) is 21.6 Å². The quantitative estimate of drug-likeness (QED) is 0.658. The molecule has 1 saturated carbocycles. The lowest BCUT2D eigenvalue weighted by Crippen LogP contribution is -2.37. The van der Waals surface area contributed by atoms with Crippen molar-refractivity contribution in [2.75, 3.05) is 45.8 Å². The normalized spacial score (nSPS) is 27.8. The van der Waals surface area contributed by atoms with Gasteiger partial charge in [-0.2, -0.15) is 0 Å². The van der Waals surface area contributed by atoms with Crippen molar-refractivity contribution in [3.63, 3.8) is 0 Å². The van der Waals surface area contributed by atoms with E-state index in [0.29, 0.717) is 35.5 Å². The minimum Gasteiger partial charge on any atom is -0.343 e. The summed E-state index contributed by atoms with van der Waals surface area (Å²) in [5, 5.41) is 0. The summed E-state index contributed by atoms with van der Waals surface area (Å²) in [5.74, 6) is 1.84. The van der Waals surface area contributed by atoms with Crippen molar-refractivity contribution in [2.45, 2.75) is 84.0 Å². The molecule has 0 aromatic rings. The van der Waals surface area contributed by atoms with Crippen LogP contribution in [-0.2, 0) is 9.59 Å². The predicted molar refractivity (Wildman–Crippen MR) is 120 cm³/mol. The number of amides is 2. The second-order valence-electron chi connectivity index (χ2n) is 10.6. The van der Waals surface area contributed by atoms with Crippen LogP contribution in [0.1, 0.15) is 84.0 Å². The molecule has 1 aliphatic carbocycles. The van der Waals surface area contributed by atoms with Gasteiger partial charge in [0.1, 0.15) is 0 Å². The van der Waals surface area contributed by atoms with E-state index in [1.165, 1.54) is 57.8 Å². The van der Waals surface area contributed by atoms with Gasteiger partial charge in [0.2, 0.25) is 11.8 Å². The third-order valence-corrected chi connectivity index (χ3v) is 8.80. The summed E-state index contributed by atoms with van der Waals surface area (Å²) < 4.78 is 0. The van der Waals surface area contributed by atoms with Gasteiger partial charge in [-0.3, -0.25) is 9.59 Å². The average molecular weight is 418 g/mol. The molecule has 2 amide bonds. The van der Waals surface area contributed by atoms with Gasteiger partial charge in [0.25, 0.3) is 0 Å². The first-order chi connectivity index (χ1) is 14.6. The molecular weight excluding hydrogens is 374 g/mol. The zero-order valence-electron chi connectivity index (χ0n) is 19.2. The van der Waals surface area contributed by atoms with Crippen LogP contribution >= 0.6 is 0 Å². The molecule has 3 heterocycles. The van der Waals surface area contributed by atoms with E-state index in [1.807, 2.05) is 0 Å². The van der Waals surface area contributed by atoms with Gasteiger partial charge in [-0.25, -0.2) is 0 Å². The average Bonchev–Trinajstić information content (AvgIpc) is 3.42. The van der Waals surface area contributed by atoms with Crippen molar-refractivity contribution < 1.29 is 9.59 Å². The van der Waals surface area contributed by atoms with Crippen LogP contribution < -0.4 is 0 Å². The molecule has 30 heavy (non-hydrogen) atoms. The monoisotopic (exact) mass is 417 g/mol. The third-order valence-electron chi connectivity index (χ3n) is 8.80. The maximum absolute atomic E-state index is 13.2. The molecule has 5 nitrogen and oxygen atoms in total. The molecule has 4 rings (SSSR count). The highest BCUT2D eigenvalue weighted by Gasteiger charge is 2.48. The molecule has 3 saturated heterocycles. The SMILES string of the molecule is CCN1CCC(CC(=O)N2CC(CCC(=O)N3CCCC3)C3(CCCCC3)C2)CC1. The van der Waals surface area contributed by atoms with E-state index in [9.17, 15) is 9.59 Å². The van der Waals surface area contributed by atoms with Crippen LogP contribution in [-0.4, -0.2) is 72.3 Å². The zero-order chi connectivity index (χ0) is 21.0. The Balaban J connectivity index is 1.33. The van der Waals surface area contributed by atoms with Crippen LogP contribution in [0.15, 0.2) is 0 Å². The summed E-state index contributed by atoms with van der Waals surface area (Å²) in [4.78, 5) is 32.6. The molecule has 0 N–H and O–H groups in total. The Morgan fingerprint density at radius 2 is 1.57 bits per heavy atom. The molecule has 4 aliphatic rings. The lowest BCUT2D eigenvalue weighted by Gasteiger charge is -2.38. The van der Waals surface area contributed by atoms with Gasteiger partial charge in [0.05, 0.1) is 0 Å². The van der Waals surface area contributed by atoms with Crippen molar-refractivity contribution in [3.05, 3.63) is 0 Å². The molecule has 0 radical (unpaired) electrons. The summed E-state index contributed by atoms with van der Waals surface area (Å²) in [5.41, 5.74) is 0.296. The number of carbonyl (C=O) groups is 2. The topological polar surface area (TPSA) is 43.9 Å². The number of carbonyl (C=O) groups excluding carboxylic acids is 2. The Morgan fingerprint density at radius 3 is 2.23 bits per heavy atom. The first-order valence-electron chi connectivity index (χ1n) is 12.9. The molecule has 0 aromatic heterocycles. The summed E-state index contributed by atoms with van der Waals surface area (Å²) in [7, 11) is 0. The summed E-state index contributed by atoms with van der Waals surface area (Å²) in [6, 6.07) is 0. The molecule has 3 aliphatic heterocycles. The van der Waals surface area contributed by atoms with Crippen LogP contribution in [0.2, 0.25) is 0 Å². The van der Waals surface area contributed by atoms with E-state index in [4.69, 9.17) is 0 Å². The van der Waals surface area contributed by atoms with Crippen LogP contribution in [0.4, 0.5) is 0 Å².